The minimum Gasteiger partial charge on any atom is -0.465 e. The molecular formula is C20H26N4O4. The molecule has 0 saturated carbocycles. The van der Waals surface area contributed by atoms with Gasteiger partial charge in [-0.25, -0.2) is 9.78 Å². The van der Waals surface area contributed by atoms with Crippen molar-refractivity contribution >= 4 is 28.0 Å². The zero-order valence-corrected chi connectivity index (χ0v) is 16.7. The lowest BCUT2D eigenvalue weighted by molar-refractivity contribution is 0.0445. The normalized spacial score (nSPS) is 11.9. The number of fused-ring (bicyclic) bond motifs is 3. The first-order chi connectivity index (χ1) is 13.3. The number of para-hydroxylation sites is 1. The third-order valence-corrected chi connectivity index (χ3v) is 4.43. The first kappa shape index (κ1) is 19.9. The fourth-order valence-electron chi connectivity index (χ4n) is 3.09. The summed E-state index contributed by atoms with van der Waals surface area (Å²) in [5.41, 5.74) is 1.83. The number of rotatable bonds is 7. The van der Waals surface area contributed by atoms with Crippen LogP contribution in [0.25, 0.3) is 21.9 Å². The van der Waals surface area contributed by atoms with Gasteiger partial charge in [-0.15, -0.1) is 0 Å². The molecule has 0 aliphatic heterocycles. The Labute approximate surface area is 163 Å². The Balaban J connectivity index is 1.95. The smallest absolute Gasteiger partial charge is 0.407 e. The van der Waals surface area contributed by atoms with E-state index in [4.69, 9.17) is 9.57 Å². The molecule has 2 aromatic heterocycles. The highest BCUT2D eigenvalue weighted by Gasteiger charge is 2.26. The Morgan fingerprint density at radius 3 is 2.68 bits per heavy atom. The van der Waals surface area contributed by atoms with E-state index >= 15 is 0 Å². The Morgan fingerprint density at radius 2 is 2.00 bits per heavy atom. The molecule has 1 amide bonds. The number of amides is 1. The Morgan fingerprint density at radius 1 is 1.25 bits per heavy atom. The molecule has 0 unspecified atom stereocenters. The average Bonchev–Trinajstić information content (AvgIpc) is 3.00. The van der Waals surface area contributed by atoms with Crippen LogP contribution in [0.15, 0.2) is 30.5 Å². The monoisotopic (exact) mass is 386 g/mol. The van der Waals surface area contributed by atoms with E-state index in [2.05, 4.69) is 9.97 Å². The van der Waals surface area contributed by atoms with Gasteiger partial charge in [0.15, 0.2) is 5.82 Å². The second-order valence-corrected chi connectivity index (χ2v) is 7.41. The summed E-state index contributed by atoms with van der Waals surface area (Å²) in [7, 11) is 0. The molecule has 150 valence electrons. The van der Waals surface area contributed by atoms with E-state index in [1.165, 1.54) is 4.90 Å². The van der Waals surface area contributed by atoms with Crippen LogP contribution in [0.1, 0.15) is 33.5 Å². The van der Waals surface area contributed by atoms with Crippen LogP contribution in [0.4, 0.5) is 4.79 Å². The summed E-state index contributed by atoms with van der Waals surface area (Å²) in [5.74, 6) is 0.618. The van der Waals surface area contributed by atoms with Crippen LogP contribution in [0.2, 0.25) is 0 Å². The largest absolute Gasteiger partial charge is 0.465 e. The summed E-state index contributed by atoms with van der Waals surface area (Å²) in [6.45, 7) is 8.74. The number of ether oxygens (including phenoxy) is 1. The van der Waals surface area contributed by atoms with Crippen molar-refractivity contribution in [3.8, 4) is 0 Å². The molecule has 0 aliphatic carbocycles. The standard InChI is InChI=1S/C20H26N4O4/c1-5-27-13-17-22-16-12-21-15-9-7-6-8-14(15)18(16)24(17)28-11-10-23(19(25)26)20(2,3)4/h6-9,12H,5,10-11,13H2,1-4H3,(H,25,26). The van der Waals surface area contributed by atoms with Gasteiger partial charge in [0.2, 0.25) is 0 Å². The lowest BCUT2D eigenvalue weighted by atomic mass is 10.1. The predicted octanol–water partition coefficient (Wildman–Crippen LogP) is 3.33. The number of pyridine rings is 1. The molecule has 1 N–H and O–H groups in total. The van der Waals surface area contributed by atoms with Crippen LogP contribution >= 0.6 is 0 Å². The minimum absolute atomic E-state index is 0.185. The van der Waals surface area contributed by atoms with Crippen LogP contribution < -0.4 is 4.84 Å². The number of hydrogen-bond donors (Lipinski definition) is 1. The molecule has 0 atom stereocenters. The maximum absolute atomic E-state index is 11.6. The molecule has 0 bridgehead atoms. The molecule has 8 nitrogen and oxygen atoms in total. The van der Waals surface area contributed by atoms with Crippen molar-refractivity contribution in [1.82, 2.24) is 19.6 Å². The number of benzene rings is 1. The zero-order valence-electron chi connectivity index (χ0n) is 16.7. The van der Waals surface area contributed by atoms with Crippen molar-refractivity contribution in [2.45, 2.75) is 39.8 Å². The fraction of sp³-hybridized carbons (Fsp3) is 0.450. The number of aromatic nitrogens is 3. The van der Waals surface area contributed by atoms with Crippen LogP contribution in [-0.2, 0) is 11.3 Å². The first-order valence-corrected chi connectivity index (χ1v) is 9.29. The van der Waals surface area contributed by atoms with Crippen LogP contribution in [0.5, 0.6) is 0 Å². The molecule has 3 rings (SSSR count). The molecule has 3 aromatic rings. The van der Waals surface area contributed by atoms with E-state index in [1.807, 2.05) is 52.0 Å². The molecule has 0 spiro atoms. The second-order valence-electron chi connectivity index (χ2n) is 7.41. The highest BCUT2D eigenvalue weighted by atomic mass is 16.7. The van der Waals surface area contributed by atoms with Gasteiger partial charge in [0.25, 0.3) is 0 Å². The molecule has 0 fully saturated rings. The minimum atomic E-state index is -0.976. The molecular weight excluding hydrogens is 360 g/mol. The van der Waals surface area contributed by atoms with Gasteiger partial charge in [-0.1, -0.05) is 18.2 Å². The van der Waals surface area contributed by atoms with Gasteiger partial charge < -0.3 is 19.6 Å². The summed E-state index contributed by atoms with van der Waals surface area (Å²) in [6, 6.07) is 7.77. The van der Waals surface area contributed by atoms with Crippen molar-refractivity contribution in [2.75, 3.05) is 19.8 Å². The summed E-state index contributed by atoms with van der Waals surface area (Å²) in [4.78, 5) is 28.0. The number of carboxylic acid groups (broad SMARTS) is 1. The third-order valence-electron chi connectivity index (χ3n) is 4.43. The van der Waals surface area contributed by atoms with Gasteiger partial charge in [0.05, 0.1) is 18.3 Å². The number of carbonyl (C=O) groups is 1. The highest BCUT2D eigenvalue weighted by molar-refractivity contribution is 6.02. The first-order valence-electron chi connectivity index (χ1n) is 9.29. The van der Waals surface area contributed by atoms with E-state index in [0.717, 1.165) is 16.4 Å². The van der Waals surface area contributed by atoms with Crippen molar-refractivity contribution in [3.63, 3.8) is 0 Å². The van der Waals surface area contributed by atoms with Gasteiger partial charge in [-0.3, -0.25) is 4.98 Å². The number of imidazole rings is 1. The topological polar surface area (TPSA) is 89.7 Å². The van der Waals surface area contributed by atoms with Gasteiger partial charge in [0, 0.05) is 17.5 Å². The van der Waals surface area contributed by atoms with Crippen molar-refractivity contribution in [1.29, 1.82) is 0 Å². The Kier molecular flexibility index (Phi) is 5.69. The SMILES string of the molecule is CCOCc1nc2cnc3ccccc3c2n1OCCN(C(=O)O)C(C)(C)C. The van der Waals surface area contributed by atoms with Crippen molar-refractivity contribution < 1.29 is 19.5 Å². The fourth-order valence-corrected chi connectivity index (χ4v) is 3.09. The summed E-state index contributed by atoms with van der Waals surface area (Å²) < 4.78 is 7.18. The molecule has 28 heavy (non-hydrogen) atoms. The molecule has 1 aromatic carbocycles. The maximum atomic E-state index is 11.6. The van der Waals surface area contributed by atoms with Gasteiger partial charge in [0.1, 0.15) is 24.2 Å². The van der Waals surface area contributed by atoms with E-state index < -0.39 is 11.6 Å². The molecule has 0 aliphatic rings. The van der Waals surface area contributed by atoms with E-state index in [1.54, 1.807) is 10.9 Å². The number of nitrogens with zero attached hydrogens (tertiary/aromatic N) is 4. The third kappa shape index (κ3) is 4.01. The van der Waals surface area contributed by atoms with Crippen LogP contribution in [-0.4, -0.2) is 56.1 Å². The molecule has 8 heteroatoms. The highest BCUT2D eigenvalue weighted by Crippen LogP contribution is 2.24. The van der Waals surface area contributed by atoms with Gasteiger partial charge in [-0.05, 0) is 33.8 Å². The molecule has 2 heterocycles. The number of hydrogen-bond acceptors (Lipinski definition) is 5. The molecule has 0 radical (unpaired) electrons. The van der Waals surface area contributed by atoms with Crippen molar-refractivity contribution in [2.24, 2.45) is 0 Å². The molecule has 0 saturated heterocycles. The average molecular weight is 386 g/mol. The lowest BCUT2D eigenvalue weighted by Crippen LogP contribution is -2.47. The van der Waals surface area contributed by atoms with E-state index in [9.17, 15) is 9.90 Å². The van der Waals surface area contributed by atoms with Crippen molar-refractivity contribution in [3.05, 3.63) is 36.3 Å². The quantitative estimate of drug-likeness (QED) is 0.670. The van der Waals surface area contributed by atoms with E-state index in [-0.39, 0.29) is 13.2 Å². The maximum Gasteiger partial charge on any atom is 0.407 e. The van der Waals surface area contributed by atoms with Crippen LogP contribution in [0, 0.1) is 0 Å². The summed E-state index contributed by atoms with van der Waals surface area (Å²) in [5, 5.41) is 10.4. The van der Waals surface area contributed by atoms with Gasteiger partial charge >= 0.3 is 6.09 Å². The summed E-state index contributed by atoms with van der Waals surface area (Å²) in [6.07, 6.45) is 0.738. The Hall–Kier alpha value is -2.87. The van der Waals surface area contributed by atoms with Gasteiger partial charge in [-0.2, -0.15) is 4.73 Å². The predicted molar refractivity (Wildman–Crippen MR) is 106 cm³/mol. The lowest BCUT2D eigenvalue weighted by Gasteiger charge is -2.32. The Bertz CT molecular complexity index is 977. The summed E-state index contributed by atoms with van der Waals surface area (Å²) >= 11 is 0. The second kappa shape index (κ2) is 8.02. The van der Waals surface area contributed by atoms with E-state index in [0.29, 0.717) is 24.6 Å². The van der Waals surface area contributed by atoms with Crippen LogP contribution in [0.3, 0.4) is 0 Å². The zero-order chi connectivity index (χ0) is 20.3.